The second-order valence-electron chi connectivity index (χ2n) is 7.45. The Morgan fingerprint density at radius 3 is 1.10 bits per heavy atom. The monoisotopic (exact) mass is 434 g/mol. The highest BCUT2D eigenvalue weighted by Crippen LogP contribution is 2.28. The number of rotatable bonds is 0. The van der Waals surface area contributed by atoms with Crippen LogP contribution in [0.15, 0.2) is 0 Å². The summed E-state index contributed by atoms with van der Waals surface area (Å²) in [5.74, 6) is -7.30. The summed E-state index contributed by atoms with van der Waals surface area (Å²) in [5, 5.41) is 36.6. The van der Waals surface area contributed by atoms with Gasteiger partial charge in [-0.15, -0.1) is 0 Å². The van der Waals surface area contributed by atoms with Gasteiger partial charge < -0.3 is 40.5 Å². The third kappa shape index (κ3) is 9.03. The molecule has 0 amide bonds. The second kappa shape index (κ2) is 12.4. The molecule has 12 heteroatoms. The van der Waals surface area contributed by atoms with Crippen molar-refractivity contribution in [3.63, 3.8) is 0 Å². The molecule has 4 fully saturated rings. The molecule has 0 aromatic heterocycles. The van der Waals surface area contributed by atoms with Crippen molar-refractivity contribution in [2.24, 2.45) is 0 Å². The minimum absolute atomic E-state index is 0.417. The van der Waals surface area contributed by atoms with E-state index in [1.165, 1.54) is 51.6 Å². The molecule has 6 N–H and O–H groups in total. The van der Waals surface area contributed by atoms with Crippen molar-refractivity contribution in [1.82, 2.24) is 10.6 Å². The molecule has 4 heterocycles. The lowest BCUT2D eigenvalue weighted by Gasteiger charge is -2.19. The summed E-state index contributed by atoms with van der Waals surface area (Å²) < 4.78 is 10.6. The van der Waals surface area contributed by atoms with Gasteiger partial charge >= 0.3 is 23.9 Å². The maximum Gasteiger partial charge on any atom is 0.414 e. The average Bonchev–Trinajstić information content (AvgIpc) is 3.50. The molecule has 0 aliphatic carbocycles. The number of nitrogens with one attached hydrogen (secondary N) is 2. The van der Waals surface area contributed by atoms with Crippen LogP contribution in [0.4, 0.5) is 0 Å². The number of aliphatic carboxylic acids is 4. The normalized spacial score (nSPS) is 28.5. The summed E-state index contributed by atoms with van der Waals surface area (Å²) in [7, 11) is 0. The molecule has 4 saturated heterocycles. The molecule has 0 saturated carbocycles. The van der Waals surface area contributed by atoms with Crippen molar-refractivity contribution >= 4 is 23.9 Å². The van der Waals surface area contributed by atoms with Crippen LogP contribution in [0.1, 0.15) is 38.5 Å². The third-order valence-electron chi connectivity index (χ3n) is 5.24. The van der Waals surface area contributed by atoms with Gasteiger partial charge in [-0.25, -0.2) is 19.2 Å². The zero-order valence-electron chi connectivity index (χ0n) is 16.7. The van der Waals surface area contributed by atoms with Crippen LogP contribution >= 0.6 is 0 Å². The first kappa shape index (κ1) is 25.8. The predicted molar refractivity (Wildman–Crippen MR) is 101 cm³/mol. The van der Waals surface area contributed by atoms with Gasteiger partial charge in [-0.2, -0.15) is 0 Å². The Balaban J connectivity index is 0.000000205. The highest BCUT2D eigenvalue weighted by molar-refractivity contribution is 6.27. The summed E-state index contributed by atoms with van der Waals surface area (Å²) in [4.78, 5) is 36.4. The highest BCUT2D eigenvalue weighted by Gasteiger charge is 2.37. The Morgan fingerprint density at radius 2 is 0.933 bits per heavy atom. The minimum Gasteiger partial charge on any atom is -0.473 e. The molecular weight excluding hydrogens is 404 g/mol. The van der Waals surface area contributed by atoms with E-state index in [2.05, 4.69) is 10.6 Å². The fraction of sp³-hybridized carbons (Fsp3) is 0.778. The SMILES string of the molecule is C1CNC2(C1)CCOC2.C1CNC2(C1)CCOC2.O=C(O)C(=O)O.O=C(O)C(=O)O. The lowest BCUT2D eigenvalue weighted by Crippen LogP contribution is -2.39. The maximum atomic E-state index is 9.10. The van der Waals surface area contributed by atoms with Crippen LogP contribution in [-0.4, -0.2) is 94.9 Å². The first-order valence-corrected chi connectivity index (χ1v) is 9.69. The number of hydrogen-bond acceptors (Lipinski definition) is 8. The minimum atomic E-state index is -1.82. The molecule has 4 aliphatic heterocycles. The summed E-state index contributed by atoms with van der Waals surface area (Å²) in [6, 6.07) is 0. The summed E-state index contributed by atoms with van der Waals surface area (Å²) in [6.07, 6.45) is 7.78. The molecule has 0 bridgehead atoms. The number of hydrogen-bond donors (Lipinski definition) is 6. The van der Waals surface area contributed by atoms with Crippen molar-refractivity contribution in [1.29, 1.82) is 0 Å². The van der Waals surface area contributed by atoms with Gasteiger partial charge in [-0.05, 0) is 51.6 Å². The fourth-order valence-electron chi connectivity index (χ4n) is 3.63. The zero-order valence-corrected chi connectivity index (χ0v) is 16.7. The molecule has 0 aromatic rings. The van der Waals surface area contributed by atoms with Crippen molar-refractivity contribution < 1.29 is 49.1 Å². The van der Waals surface area contributed by atoms with Crippen molar-refractivity contribution in [3.05, 3.63) is 0 Å². The highest BCUT2D eigenvalue weighted by atomic mass is 16.5. The van der Waals surface area contributed by atoms with Crippen LogP contribution in [0.25, 0.3) is 0 Å². The van der Waals surface area contributed by atoms with Crippen LogP contribution in [0.3, 0.4) is 0 Å². The third-order valence-corrected chi connectivity index (χ3v) is 5.24. The molecule has 0 radical (unpaired) electrons. The van der Waals surface area contributed by atoms with E-state index < -0.39 is 23.9 Å². The molecular formula is C18H30N2O10. The summed E-state index contributed by atoms with van der Waals surface area (Å²) in [5.41, 5.74) is 0.833. The van der Waals surface area contributed by atoms with E-state index in [4.69, 9.17) is 49.1 Å². The van der Waals surface area contributed by atoms with E-state index in [1.54, 1.807) is 0 Å². The number of carbonyl (C=O) groups is 4. The molecule has 4 rings (SSSR count). The van der Waals surface area contributed by atoms with Crippen LogP contribution in [-0.2, 0) is 28.7 Å². The standard InChI is InChI=1S/2C7H13NO.2C2H2O4/c2*1-2-7(8-4-1)3-5-9-6-7;2*3-1(4)2(5)6/h2*8H,1-6H2;2*(H,3,4)(H,5,6). The Morgan fingerprint density at radius 1 is 0.600 bits per heavy atom. The molecule has 2 spiro atoms. The maximum absolute atomic E-state index is 9.10. The van der Waals surface area contributed by atoms with E-state index in [1.807, 2.05) is 0 Å². The zero-order chi connectivity index (χ0) is 22.6. The van der Waals surface area contributed by atoms with E-state index in [0.717, 1.165) is 26.4 Å². The molecule has 2 atom stereocenters. The van der Waals surface area contributed by atoms with Gasteiger partial charge in [0.05, 0.1) is 13.2 Å². The van der Waals surface area contributed by atoms with E-state index in [9.17, 15) is 0 Å². The molecule has 172 valence electrons. The number of carboxylic acids is 4. The van der Waals surface area contributed by atoms with E-state index >= 15 is 0 Å². The quantitative estimate of drug-likeness (QED) is 0.265. The van der Waals surface area contributed by atoms with Gasteiger partial charge in [0.15, 0.2) is 0 Å². The first-order valence-electron chi connectivity index (χ1n) is 9.69. The predicted octanol–water partition coefficient (Wildman–Crippen LogP) is -0.631. The molecule has 0 aromatic carbocycles. The van der Waals surface area contributed by atoms with Crippen LogP contribution in [0, 0.1) is 0 Å². The summed E-state index contributed by atoms with van der Waals surface area (Å²) >= 11 is 0. The van der Waals surface area contributed by atoms with E-state index in [0.29, 0.717) is 11.1 Å². The summed E-state index contributed by atoms with van der Waals surface area (Å²) in [6.45, 7) is 6.23. The van der Waals surface area contributed by atoms with Gasteiger partial charge in [0.2, 0.25) is 0 Å². The van der Waals surface area contributed by atoms with Gasteiger partial charge in [-0.1, -0.05) is 0 Å². The van der Waals surface area contributed by atoms with Gasteiger partial charge in [0.25, 0.3) is 0 Å². The van der Waals surface area contributed by atoms with Crippen LogP contribution in [0.2, 0.25) is 0 Å². The molecule has 4 aliphatic rings. The number of carboxylic acid groups (broad SMARTS) is 4. The Labute approximate surface area is 173 Å². The van der Waals surface area contributed by atoms with Crippen LogP contribution in [0.5, 0.6) is 0 Å². The smallest absolute Gasteiger partial charge is 0.414 e. The largest absolute Gasteiger partial charge is 0.473 e. The Hall–Kier alpha value is -2.28. The molecule has 12 nitrogen and oxygen atoms in total. The van der Waals surface area contributed by atoms with Crippen molar-refractivity contribution in [2.45, 2.75) is 49.6 Å². The Bertz CT molecular complexity index is 475. The topological polar surface area (TPSA) is 192 Å². The molecule has 30 heavy (non-hydrogen) atoms. The second-order valence-corrected chi connectivity index (χ2v) is 7.45. The van der Waals surface area contributed by atoms with Gasteiger partial charge in [0, 0.05) is 24.3 Å². The van der Waals surface area contributed by atoms with E-state index in [-0.39, 0.29) is 0 Å². The van der Waals surface area contributed by atoms with Crippen molar-refractivity contribution in [3.8, 4) is 0 Å². The molecule has 2 unspecified atom stereocenters. The number of ether oxygens (including phenoxy) is 2. The lowest BCUT2D eigenvalue weighted by molar-refractivity contribution is -0.159. The fourth-order valence-corrected chi connectivity index (χ4v) is 3.63. The van der Waals surface area contributed by atoms with Gasteiger partial charge in [0.1, 0.15) is 0 Å². The van der Waals surface area contributed by atoms with Gasteiger partial charge in [-0.3, -0.25) is 0 Å². The first-order chi connectivity index (χ1) is 14.1. The van der Waals surface area contributed by atoms with Crippen molar-refractivity contribution in [2.75, 3.05) is 39.5 Å². The Kier molecular flexibility index (Phi) is 10.7. The van der Waals surface area contributed by atoms with Crippen LogP contribution < -0.4 is 10.6 Å². The lowest BCUT2D eigenvalue weighted by atomic mass is 9.97. The average molecular weight is 434 g/mol.